The number of nitrogens with two attached hydrogens (primary N) is 1. The lowest BCUT2D eigenvalue weighted by molar-refractivity contribution is -0.132. The molecule has 4 rings (SSSR count). The van der Waals surface area contributed by atoms with Gasteiger partial charge in [-0.05, 0) is 61.6 Å². The molecule has 2 amide bonds. The molecule has 0 radical (unpaired) electrons. The maximum atomic E-state index is 13.6. The van der Waals surface area contributed by atoms with Crippen LogP contribution in [0.15, 0.2) is 78.4 Å². The zero-order chi connectivity index (χ0) is 28.5. The molecule has 2 unspecified atom stereocenters. The van der Waals surface area contributed by atoms with E-state index in [-0.39, 0.29) is 18.4 Å². The van der Waals surface area contributed by atoms with E-state index in [1.165, 1.54) is 11.1 Å². The maximum Gasteiger partial charge on any atom is 0.249 e. The molecular formula is C34H45N3O3. The van der Waals surface area contributed by atoms with Crippen molar-refractivity contribution in [3.8, 4) is 0 Å². The summed E-state index contributed by atoms with van der Waals surface area (Å²) in [5.41, 5.74) is 9.21. The van der Waals surface area contributed by atoms with Crippen molar-refractivity contribution in [2.75, 3.05) is 19.6 Å². The number of fused-ring (bicyclic) bond motifs is 1. The average Bonchev–Trinajstić information content (AvgIpc) is 2.98. The van der Waals surface area contributed by atoms with Gasteiger partial charge in [0.15, 0.2) is 0 Å². The standard InChI is InChI=1S/C34H45N3O3/c1-3-20-37(21-4-2)32(39)27-16-11-19-34(23-27,33(35)40)29(22-25-12-6-5-7-13-25)31(38)24-36-30-18-10-15-26-14-8-9-17-28(26)30/h5-9,11-14,16-17,19,29-31,36,38H,3-4,10,15,18,20-24H2,1-2H3,(H2,35,40)/t29-,30?,31+,34?/m1/s1. The topological polar surface area (TPSA) is 95.7 Å². The highest BCUT2D eigenvalue weighted by Crippen LogP contribution is 2.43. The van der Waals surface area contributed by atoms with Crippen LogP contribution in [0.25, 0.3) is 0 Å². The lowest BCUT2D eigenvalue weighted by Gasteiger charge is -2.41. The number of aliphatic hydroxyl groups is 1. The number of carbonyl (C=O) groups excluding carboxylic acids is 2. The number of hydrogen-bond donors (Lipinski definition) is 3. The van der Waals surface area contributed by atoms with E-state index in [2.05, 4.69) is 43.4 Å². The highest BCUT2D eigenvalue weighted by atomic mass is 16.3. The first-order valence-corrected chi connectivity index (χ1v) is 14.9. The zero-order valence-corrected chi connectivity index (χ0v) is 24.0. The van der Waals surface area contributed by atoms with Crippen molar-refractivity contribution >= 4 is 11.8 Å². The third-order valence-electron chi connectivity index (χ3n) is 8.55. The van der Waals surface area contributed by atoms with Gasteiger partial charge in [0.1, 0.15) is 0 Å². The Bertz CT molecular complexity index is 1200. The molecule has 6 heteroatoms. The fourth-order valence-corrected chi connectivity index (χ4v) is 6.48. The normalized spacial score (nSPS) is 21.7. The largest absolute Gasteiger partial charge is 0.391 e. The number of aliphatic hydroxyl groups excluding tert-OH is 1. The SMILES string of the molecule is CCCN(CCC)C(=O)C1=CC=CC(C(N)=O)([C@H](Cc2ccccc2)[C@@H](O)CNC2CCCc3ccccc32)C1. The monoisotopic (exact) mass is 543 g/mol. The van der Waals surface area contributed by atoms with Gasteiger partial charge in [-0.2, -0.15) is 0 Å². The van der Waals surface area contributed by atoms with Gasteiger partial charge in [-0.1, -0.05) is 86.7 Å². The number of carbonyl (C=O) groups is 2. The number of nitrogens with one attached hydrogen (secondary N) is 1. The van der Waals surface area contributed by atoms with E-state index in [1.807, 2.05) is 47.4 Å². The molecule has 0 fully saturated rings. The molecule has 0 saturated heterocycles. The molecule has 40 heavy (non-hydrogen) atoms. The smallest absolute Gasteiger partial charge is 0.249 e. The molecular weight excluding hydrogens is 498 g/mol. The molecule has 6 nitrogen and oxygen atoms in total. The van der Waals surface area contributed by atoms with Crippen LogP contribution < -0.4 is 11.1 Å². The summed E-state index contributed by atoms with van der Waals surface area (Å²) in [6, 6.07) is 18.5. The first kappa shape index (κ1) is 29.8. The Morgan fingerprint density at radius 1 is 1.07 bits per heavy atom. The number of rotatable bonds is 13. The molecule has 0 aromatic heterocycles. The Morgan fingerprint density at radius 2 is 1.77 bits per heavy atom. The molecule has 2 aliphatic carbocycles. The minimum Gasteiger partial charge on any atom is -0.391 e. The fraction of sp³-hybridized carbons (Fsp3) is 0.471. The van der Waals surface area contributed by atoms with E-state index < -0.39 is 23.3 Å². The molecule has 0 saturated carbocycles. The molecule has 2 aromatic rings. The van der Waals surface area contributed by atoms with Gasteiger partial charge >= 0.3 is 0 Å². The first-order chi connectivity index (χ1) is 19.4. The molecule has 2 aliphatic rings. The molecule has 0 aliphatic heterocycles. The number of primary amides is 1. The molecule has 4 atom stereocenters. The summed E-state index contributed by atoms with van der Waals surface area (Å²) in [5.74, 6) is -1.08. The van der Waals surface area contributed by atoms with Crippen molar-refractivity contribution in [1.82, 2.24) is 10.2 Å². The number of amides is 2. The van der Waals surface area contributed by atoms with Crippen LogP contribution in [-0.4, -0.2) is 47.6 Å². The van der Waals surface area contributed by atoms with Crippen molar-refractivity contribution in [2.45, 2.75) is 70.9 Å². The predicted molar refractivity (Wildman–Crippen MR) is 160 cm³/mol. The maximum absolute atomic E-state index is 13.6. The van der Waals surface area contributed by atoms with E-state index in [0.29, 0.717) is 31.6 Å². The van der Waals surface area contributed by atoms with Crippen molar-refractivity contribution in [2.24, 2.45) is 17.1 Å². The van der Waals surface area contributed by atoms with Crippen LogP contribution >= 0.6 is 0 Å². The molecule has 0 heterocycles. The summed E-state index contributed by atoms with van der Waals surface area (Å²) in [6.07, 6.45) is 10.1. The number of allylic oxidation sites excluding steroid dienone is 2. The summed E-state index contributed by atoms with van der Waals surface area (Å²) in [6.45, 7) is 5.77. The Hall–Kier alpha value is -3.22. The van der Waals surface area contributed by atoms with Crippen LogP contribution in [-0.2, 0) is 22.4 Å². The second-order valence-corrected chi connectivity index (χ2v) is 11.3. The van der Waals surface area contributed by atoms with Gasteiger partial charge in [0.05, 0.1) is 11.5 Å². The summed E-state index contributed by atoms with van der Waals surface area (Å²) in [5, 5.41) is 15.4. The van der Waals surface area contributed by atoms with Gasteiger partial charge in [-0.25, -0.2) is 0 Å². The second-order valence-electron chi connectivity index (χ2n) is 11.3. The van der Waals surface area contributed by atoms with E-state index >= 15 is 0 Å². The fourth-order valence-electron chi connectivity index (χ4n) is 6.48. The third kappa shape index (κ3) is 6.73. The summed E-state index contributed by atoms with van der Waals surface area (Å²) >= 11 is 0. The van der Waals surface area contributed by atoms with E-state index in [0.717, 1.165) is 37.7 Å². The average molecular weight is 544 g/mol. The van der Waals surface area contributed by atoms with Gasteiger partial charge in [-0.15, -0.1) is 0 Å². The Labute approximate surface area is 239 Å². The molecule has 4 N–H and O–H groups in total. The van der Waals surface area contributed by atoms with E-state index in [4.69, 9.17) is 5.73 Å². The lowest BCUT2D eigenvalue weighted by atomic mass is 9.64. The van der Waals surface area contributed by atoms with Crippen molar-refractivity contribution in [3.05, 3.63) is 95.1 Å². The highest BCUT2D eigenvalue weighted by molar-refractivity contribution is 5.96. The van der Waals surface area contributed by atoms with Crippen LogP contribution in [0.5, 0.6) is 0 Å². The van der Waals surface area contributed by atoms with Gasteiger partial charge < -0.3 is 21.1 Å². The molecule has 0 bridgehead atoms. The van der Waals surface area contributed by atoms with Crippen molar-refractivity contribution in [1.29, 1.82) is 0 Å². The van der Waals surface area contributed by atoms with Gasteiger partial charge in [0, 0.05) is 37.2 Å². The van der Waals surface area contributed by atoms with Gasteiger partial charge in [0.2, 0.25) is 11.8 Å². The Kier molecular flexibility index (Phi) is 10.3. The Balaban J connectivity index is 1.61. The molecule has 214 valence electrons. The van der Waals surface area contributed by atoms with Gasteiger partial charge in [-0.3, -0.25) is 9.59 Å². The first-order valence-electron chi connectivity index (χ1n) is 14.9. The molecule has 2 aromatic carbocycles. The van der Waals surface area contributed by atoms with Crippen LogP contribution in [0.3, 0.4) is 0 Å². The number of hydrogen-bond acceptors (Lipinski definition) is 4. The van der Waals surface area contributed by atoms with Crippen LogP contribution in [0.2, 0.25) is 0 Å². The summed E-state index contributed by atoms with van der Waals surface area (Å²) < 4.78 is 0. The number of aryl methyl sites for hydroxylation is 1. The molecule has 0 spiro atoms. The zero-order valence-electron chi connectivity index (χ0n) is 24.0. The van der Waals surface area contributed by atoms with E-state index in [1.54, 1.807) is 6.08 Å². The lowest BCUT2D eigenvalue weighted by Crippen LogP contribution is -2.51. The summed E-state index contributed by atoms with van der Waals surface area (Å²) in [7, 11) is 0. The highest BCUT2D eigenvalue weighted by Gasteiger charge is 2.48. The Morgan fingerprint density at radius 3 is 2.48 bits per heavy atom. The van der Waals surface area contributed by atoms with Gasteiger partial charge in [0.25, 0.3) is 0 Å². The number of benzene rings is 2. The second kappa shape index (κ2) is 13.9. The predicted octanol–water partition coefficient (Wildman–Crippen LogP) is 4.88. The minimum absolute atomic E-state index is 0.0523. The van der Waals surface area contributed by atoms with Crippen LogP contribution in [0.1, 0.15) is 68.7 Å². The van der Waals surface area contributed by atoms with Crippen LogP contribution in [0, 0.1) is 11.3 Å². The third-order valence-corrected chi connectivity index (χ3v) is 8.55. The number of nitrogens with zero attached hydrogens (tertiary/aromatic N) is 1. The minimum atomic E-state index is -1.19. The quantitative estimate of drug-likeness (QED) is 0.336. The van der Waals surface area contributed by atoms with Crippen molar-refractivity contribution in [3.63, 3.8) is 0 Å². The van der Waals surface area contributed by atoms with Crippen LogP contribution in [0.4, 0.5) is 0 Å². The summed E-state index contributed by atoms with van der Waals surface area (Å²) in [4.78, 5) is 28.8. The van der Waals surface area contributed by atoms with Crippen molar-refractivity contribution < 1.29 is 14.7 Å². The van der Waals surface area contributed by atoms with E-state index in [9.17, 15) is 14.7 Å².